The first-order valence-electron chi connectivity index (χ1n) is 5.36. The molecule has 1 rings (SSSR count). The summed E-state index contributed by atoms with van der Waals surface area (Å²) in [5.74, 6) is 5.58. The normalized spacial score (nSPS) is 10.9. The van der Waals surface area contributed by atoms with E-state index in [0.717, 1.165) is 4.31 Å². The van der Waals surface area contributed by atoms with Crippen LogP contribution < -0.4 is 4.72 Å². The summed E-state index contributed by atoms with van der Waals surface area (Å²) in [4.78, 5) is 0. The summed E-state index contributed by atoms with van der Waals surface area (Å²) in [7, 11) is -0.645. The molecule has 0 aliphatic carbocycles. The van der Waals surface area contributed by atoms with Crippen LogP contribution in [0.25, 0.3) is 0 Å². The molecule has 0 aromatic heterocycles. The van der Waals surface area contributed by atoms with Gasteiger partial charge in [0.05, 0.1) is 12.3 Å². The summed E-state index contributed by atoms with van der Waals surface area (Å²) >= 11 is 0. The van der Waals surface area contributed by atoms with Crippen molar-refractivity contribution in [1.82, 2.24) is 4.31 Å². The molecule has 0 bridgehead atoms. The van der Waals surface area contributed by atoms with Gasteiger partial charge in [-0.1, -0.05) is 24.0 Å². The summed E-state index contributed by atoms with van der Waals surface area (Å²) in [6.07, 6.45) is 0.356. The molecule has 6 heteroatoms. The van der Waals surface area contributed by atoms with Crippen LogP contribution in [0.4, 0.5) is 5.69 Å². The largest absolute Gasteiger partial charge is 0.395 e. The second-order valence-corrected chi connectivity index (χ2v) is 5.60. The molecule has 0 saturated carbocycles. The summed E-state index contributed by atoms with van der Waals surface area (Å²) in [5.41, 5.74) is 1.01. The van der Waals surface area contributed by atoms with Crippen molar-refractivity contribution in [3.05, 3.63) is 29.8 Å². The van der Waals surface area contributed by atoms with Crippen LogP contribution in [0.1, 0.15) is 12.0 Å². The lowest BCUT2D eigenvalue weighted by Crippen LogP contribution is -2.29. The van der Waals surface area contributed by atoms with Crippen molar-refractivity contribution in [2.24, 2.45) is 0 Å². The van der Waals surface area contributed by atoms with Gasteiger partial charge < -0.3 is 5.11 Å². The third kappa shape index (κ3) is 4.04. The van der Waals surface area contributed by atoms with E-state index in [0.29, 0.717) is 17.7 Å². The van der Waals surface area contributed by atoms with E-state index in [1.807, 2.05) is 0 Å². The number of nitrogens with zero attached hydrogens (tertiary/aromatic N) is 1. The van der Waals surface area contributed by atoms with Crippen molar-refractivity contribution in [1.29, 1.82) is 0 Å². The van der Waals surface area contributed by atoms with E-state index in [1.165, 1.54) is 14.1 Å². The van der Waals surface area contributed by atoms with Crippen LogP contribution >= 0.6 is 0 Å². The molecular formula is C12H16N2O3S. The van der Waals surface area contributed by atoms with E-state index >= 15 is 0 Å². The van der Waals surface area contributed by atoms with Crippen molar-refractivity contribution in [3.63, 3.8) is 0 Å². The lowest BCUT2D eigenvalue weighted by atomic mass is 10.2. The molecule has 0 spiro atoms. The van der Waals surface area contributed by atoms with Gasteiger partial charge in [-0.3, -0.25) is 4.72 Å². The van der Waals surface area contributed by atoms with E-state index in [4.69, 9.17) is 5.11 Å². The van der Waals surface area contributed by atoms with Gasteiger partial charge in [0.2, 0.25) is 0 Å². The number of anilines is 1. The SMILES string of the molecule is CN(C)S(=O)(=O)Nc1ccccc1C#CCCO. The molecule has 5 nitrogen and oxygen atoms in total. The molecule has 0 saturated heterocycles. The number of aliphatic hydroxyl groups is 1. The first-order chi connectivity index (χ1) is 8.47. The van der Waals surface area contributed by atoms with E-state index in [1.54, 1.807) is 24.3 Å². The van der Waals surface area contributed by atoms with Crippen LogP contribution in [0.5, 0.6) is 0 Å². The fraction of sp³-hybridized carbons (Fsp3) is 0.333. The maximum Gasteiger partial charge on any atom is 0.301 e. The maximum atomic E-state index is 11.7. The molecule has 0 heterocycles. The Hall–Kier alpha value is -1.55. The topological polar surface area (TPSA) is 69.6 Å². The van der Waals surface area contributed by atoms with Crippen molar-refractivity contribution in [2.75, 3.05) is 25.4 Å². The molecule has 18 heavy (non-hydrogen) atoms. The van der Waals surface area contributed by atoms with Crippen LogP contribution in [0.15, 0.2) is 24.3 Å². The quantitative estimate of drug-likeness (QED) is 0.787. The molecule has 0 aliphatic heterocycles. The third-order valence-electron chi connectivity index (χ3n) is 2.11. The number of aliphatic hydroxyl groups excluding tert-OH is 1. The lowest BCUT2D eigenvalue weighted by Gasteiger charge is -2.14. The predicted molar refractivity (Wildman–Crippen MR) is 71.3 cm³/mol. The van der Waals surface area contributed by atoms with Crippen molar-refractivity contribution >= 4 is 15.9 Å². The molecule has 1 aromatic carbocycles. The first-order valence-corrected chi connectivity index (χ1v) is 6.80. The maximum absolute atomic E-state index is 11.7. The smallest absolute Gasteiger partial charge is 0.301 e. The summed E-state index contributed by atoms with van der Waals surface area (Å²) < 4.78 is 27.0. The Morgan fingerprint density at radius 3 is 2.61 bits per heavy atom. The fourth-order valence-corrected chi connectivity index (χ4v) is 1.76. The van der Waals surface area contributed by atoms with Gasteiger partial charge >= 0.3 is 10.2 Å². The van der Waals surface area contributed by atoms with Gasteiger partial charge in [-0.15, -0.1) is 0 Å². The Bertz CT molecular complexity index is 556. The van der Waals surface area contributed by atoms with E-state index in [2.05, 4.69) is 16.6 Å². The number of para-hydroxylation sites is 1. The minimum Gasteiger partial charge on any atom is -0.395 e. The molecule has 98 valence electrons. The number of benzene rings is 1. The lowest BCUT2D eigenvalue weighted by molar-refractivity contribution is 0.305. The van der Waals surface area contributed by atoms with Crippen LogP contribution in [-0.2, 0) is 10.2 Å². The van der Waals surface area contributed by atoms with Crippen LogP contribution in [-0.4, -0.2) is 38.5 Å². The highest BCUT2D eigenvalue weighted by Gasteiger charge is 2.14. The highest BCUT2D eigenvalue weighted by Crippen LogP contribution is 2.15. The third-order valence-corrected chi connectivity index (χ3v) is 3.55. The molecule has 0 amide bonds. The van der Waals surface area contributed by atoms with Crippen molar-refractivity contribution < 1.29 is 13.5 Å². The Morgan fingerprint density at radius 2 is 2.00 bits per heavy atom. The molecule has 0 unspecified atom stereocenters. The van der Waals surface area contributed by atoms with E-state index < -0.39 is 10.2 Å². The number of hydrogen-bond donors (Lipinski definition) is 2. The molecule has 2 N–H and O–H groups in total. The van der Waals surface area contributed by atoms with E-state index in [9.17, 15) is 8.42 Å². The molecule has 0 atom stereocenters. The fourth-order valence-electron chi connectivity index (χ4n) is 1.12. The highest BCUT2D eigenvalue weighted by atomic mass is 32.2. The minimum absolute atomic E-state index is 0.0153. The Labute approximate surface area is 108 Å². The Kier molecular flexibility index (Phi) is 5.16. The van der Waals surface area contributed by atoms with Crippen LogP contribution in [0.2, 0.25) is 0 Å². The number of hydrogen-bond acceptors (Lipinski definition) is 3. The Balaban J connectivity index is 3.01. The van der Waals surface area contributed by atoms with E-state index in [-0.39, 0.29) is 6.61 Å². The zero-order valence-electron chi connectivity index (χ0n) is 10.3. The van der Waals surface area contributed by atoms with Crippen LogP contribution in [0.3, 0.4) is 0 Å². The first kappa shape index (κ1) is 14.5. The minimum atomic E-state index is -3.54. The zero-order chi connectivity index (χ0) is 13.6. The van der Waals surface area contributed by atoms with Gasteiger partial charge in [0.1, 0.15) is 0 Å². The van der Waals surface area contributed by atoms with Gasteiger partial charge in [-0.05, 0) is 12.1 Å². The average molecular weight is 268 g/mol. The Morgan fingerprint density at radius 1 is 1.33 bits per heavy atom. The predicted octanol–water partition coefficient (Wildman–Crippen LogP) is 0.639. The second-order valence-electron chi connectivity index (χ2n) is 3.71. The molecule has 0 fully saturated rings. The summed E-state index contributed by atoms with van der Waals surface area (Å²) in [6.45, 7) is -0.0153. The highest BCUT2D eigenvalue weighted by molar-refractivity contribution is 7.90. The van der Waals surface area contributed by atoms with Gasteiger partial charge in [0, 0.05) is 26.1 Å². The van der Waals surface area contributed by atoms with Gasteiger partial charge in [-0.25, -0.2) is 0 Å². The molecule has 0 aliphatic rings. The molecule has 1 aromatic rings. The van der Waals surface area contributed by atoms with Crippen molar-refractivity contribution in [3.8, 4) is 11.8 Å². The summed E-state index contributed by atoms with van der Waals surface area (Å²) in [6, 6.07) is 6.86. The van der Waals surface area contributed by atoms with Gasteiger partial charge in [-0.2, -0.15) is 12.7 Å². The average Bonchev–Trinajstić information content (AvgIpc) is 2.31. The van der Waals surface area contributed by atoms with Crippen molar-refractivity contribution in [2.45, 2.75) is 6.42 Å². The monoisotopic (exact) mass is 268 g/mol. The zero-order valence-corrected chi connectivity index (χ0v) is 11.2. The standard InChI is InChI=1S/C12H16N2O3S/c1-14(2)18(16,17)13-12-9-4-3-7-11(12)8-5-6-10-15/h3-4,7,9,13,15H,6,10H2,1-2H3. The number of nitrogens with one attached hydrogen (secondary N) is 1. The summed E-state index contributed by atoms with van der Waals surface area (Å²) in [5, 5.41) is 8.65. The second kappa shape index (κ2) is 6.40. The molecular weight excluding hydrogens is 252 g/mol. The molecule has 0 radical (unpaired) electrons. The number of rotatable bonds is 4. The van der Waals surface area contributed by atoms with Gasteiger partial charge in [0.15, 0.2) is 0 Å². The van der Waals surface area contributed by atoms with Gasteiger partial charge in [0.25, 0.3) is 0 Å². The van der Waals surface area contributed by atoms with Crippen LogP contribution in [0, 0.1) is 11.8 Å².